The van der Waals surface area contributed by atoms with Crippen LogP contribution < -0.4 is 4.74 Å². The minimum atomic E-state index is 0.0416. The second-order valence-corrected chi connectivity index (χ2v) is 3.91. The molecule has 2 nitrogen and oxygen atoms in total. The molecule has 0 aromatic heterocycles. The lowest BCUT2D eigenvalue weighted by Crippen LogP contribution is -2.16. The van der Waals surface area contributed by atoms with E-state index in [-0.39, 0.29) is 18.3 Å². The predicted octanol–water partition coefficient (Wildman–Crippen LogP) is 2.85. The van der Waals surface area contributed by atoms with Gasteiger partial charge in [0.1, 0.15) is 12.4 Å². The van der Waals surface area contributed by atoms with Crippen LogP contribution >= 0.6 is 0 Å². The van der Waals surface area contributed by atoms with Crippen LogP contribution in [0.5, 0.6) is 5.75 Å². The Bertz CT molecular complexity index is 312. The van der Waals surface area contributed by atoms with E-state index in [2.05, 4.69) is 6.92 Å². The van der Waals surface area contributed by atoms with Crippen molar-refractivity contribution in [2.75, 3.05) is 6.61 Å². The van der Waals surface area contributed by atoms with Gasteiger partial charge in [0, 0.05) is 5.92 Å². The van der Waals surface area contributed by atoms with Crippen molar-refractivity contribution in [2.24, 2.45) is 5.92 Å². The van der Waals surface area contributed by atoms with Crippen molar-refractivity contribution in [3.05, 3.63) is 29.8 Å². The van der Waals surface area contributed by atoms with Gasteiger partial charge in [-0.25, -0.2) is 0 Å². The number of hydrogen-bond acceptors (Lipinski definition) is 2. The predicted molar refractivity (Wildman–Crippen MR) is 61.2 cm³/mol. The van der Waals surface area contributed by atoms with E-state index in [0.29, 0.717) is 0 Å². The van der Waals surface area contributed by atoms with Crippen LogP contribution in [0.3, 0.4) is 0 Å². The van der Waals surface area contributed by atoms with Gasteiger partial charge in [-0.05, 0) is 24.1 Å². The molecule has 15 heavy (non-hydrogen) atoms. The molecule has 0 N–H and O–H groups in total. The van der Waals surface area contributed by atoms with E-state index in [1.54, 1.807) is 0 Å². The van der Waals surface area contributed by atoms with Crippen LogP contribution in [0.15, 0.2) is 24.3 Å². The minimum Gasteiger partial charge on any atom is -0.486 e. The van der Waals surface area contributed by atoms with Crippen molar-refractivity contribution in [1.82, 2.24) is 0 Å². The summed E-state index contributed by atoms with van der Waals surface area (Å²) in [5.74, 6) is 0.940. The van der Waals surface area contributed by atoms with Crippen LogP contribution in [0, 0.1) is 5.92 Å². The van der Waals surface area contributed by atoms with Gasteiger partial charge in [-0.15, -0.1) is 0 Å². The Balaban J connectivity index is 2.47. The lowest BCUT2D eigenvalue weighted by Gasteiger charge is -2.07. The van der Waals surface area contributed by atoms with Crippen LogP contribution in [-0.2, 0) is 11.2 Å². The molecule has 0 saturated carbocycles. The van der Waals surface area contributed by atoms with E-state index in [1.165, 1.54) is 5.56 Å². The van der Waals surface area contributed by atoms with E-state index in [4.69, 9.17) is 4.74 Å². The van der Waals surface area contributed by atoms with Crippen LogP contribution in [0.4, 0.5) is 0 Å². The molecule has 0 atom stereocenters. The SMILES string of the molecule is CCc1ccc(OCC(=O)C(C)C)cc1. The van der Waals surface area contributed by atoms with Gasteiger partial charge in [0.2, 0.25) is 0 Å². The summed E-state index contributed by atoms with van der Waals surface area (Å²) in [5.41, 5.74) is 1.28. The molecule has 0 aliphatic carbocycles. The first-order valence-corrected chi connectivity index (χ1v) is 5.38. The quantitative estimate of drug-likeness (QED) is 0.740. The summed E-state index contributed by atoms with van der Waals surface area (Å²) >= 11 is 0. The smallest absolute Gasteiger partial charge is 0.172 e. The number of Topliss-reactive ketones (excluding diaryl/α,β-unsaturated/α-hetero) is 1. The van der Waals surface area contributed by atoms with Gasteiger partial charge in [-0.1, -0.05) is 32.9 Å². The van der Waals surface area contributed by atoms with Crippen molar-refractivity contribution in [1.29, 1.82) is 0 Å². The summed E-state index contributed by atoms with van der Waals surface area (Å²) in [5, 5.41) is 0. The average molecular weight is 206 g/mol. The molecule has 0 aliphatic heterocycles. The normalized spacial score (nSPS) is 10.4. The first-order chi connectivity index (χ1) is 7.13. The third-order valence-corrected chi connectivity index (χ3v) is 2.36. The summed E-state index contributed by atoms with van der Waals surface area (Å²) < 4.78 is 5.38. The molecule has 0 unspecified atom stereocenters. The summed E-state index contributed by atoms with van der Waals surface area (Å²) in [7, 11) is 0. The Hall–Kier alpha value is -1.31. The average Bonchev–Trinajstić information content (AvgIpc) is 2.26. The van der Waals surface area contributed by atoms with Crippen LogP contribution in [0.1, 0.15) is 26.3 Å². The number of ether oxygens (including phenoxy) is 1. The highest BCUT2D eigenvalue weighted by molar-refractivity contribution is 5.81. The molecule has 1 aromatic rings. The monoisotopic (exact) mass is 206 g/mol. The number of benzene rings is 1. The van der Waals surface area contributed by atoms with E-state index in [0.717, 1.165) is 12.2 Å². The van der Waals surface area contributed by atoms with Gasteiger partial charge >= 0.3 is 0 Å². The molecular weight excluding hydrogens is 188 g/mol. The number of ketones is 1. The van der Waals surface area contributed by atoms with Crippen LogP contribution in [0.25, 0.3) is 0 Å². The van der Waals surface area contributed by atoms with E-state index < -0.39 is 0 Å². The Kier molecular flexibility index (Phi) is 4.35. The van der Waals surface area contributed by atoms with Crippen molar-refractivity contribution >= 4 is 5.78 Å². The third kappa shape index (κ3) is 3.74. The molecule has 1 rings (SSSR count). The number of hydrogen-bond donors (Lipinski definition) is 0. The number of rotatable bonds is 5. The molecule has 0 aliphatic rings. The molecule has 0 radical (unpaired) electrons. The zero-order valence-corrected chi connectivity index (χ0v) is 9.62. The van der Waals surface area contributed by atoms with E-state index in [9.17, 15) is 4.79 Å². The molecule has 82 valence electrons. The fraction of sp³-hybridized carbons (Fsp3) is 0.462. The second kappa shape index (κ2) is 5.54. The lowest BCUT2D eigenvalue weighted by molar-refractivity contribution is -0.123. The van der Waals surface area contributed by atoms with Crippen molar-refractivity contribution in [2.45, 2.75) is 27.2 Å². The molecule has 1 aromatic carbocycles. The summed E-state index contributed by atoms with van der Waals surface area (Å²) in [6, 6.07) is 7.86. The fourth-order valence-electron chi connectivity index (χ4n) is 1.14. The van der Waals surface area contributed by atoms with Crippen LogP contribution in [-0.4, -0.2) is 12.4 Å². The zero-order valence-electron chi connectivity index (χ0n) is 9.62. The van der Waals surface area contributed by atoms with Gasteiger partial charge < -0.3 is 4.74 Å². The number of carbonyl (C=O) groups excluding carboxylic acids is 1. The highest BCUT2D eigenvalue weighted by Crippen LogP contribution is 2.12. The molecule has 0 bridgehead atoms. The van der Waals surface area contributed by atoms with Gasteiger partial charge in [-0.2, -0.15) is 0 Å². The molecule has 0 saturated heterocycles. The fourth-order valence-corrected chi connectivity index (χ4v) is 1.14. The van der Waals surface area contributed by atoms with E-state index >= 15 is 0 Å². The highest BCUT2D eigenvalue weighted by atomic mass is 16.5. The first-order valence-electron chi connectivity index (χ1n) is 5.38. The van der Waals surface area contributed by atoms with Gasteiger partial charge in [-0.3, -0.25) is 4.79 Å². The molecular formula is C13H18O2. The Morgan fingerprint density at radius 1 is 1.27 bits per heavy atom. The summed E-state index contributed by atoms with van der Waals surface area (Å²) in [4.78, 5) is 11.3. The van der Waals surface area contributed by atoms with Gasteiger partial charge in [0.15, 0.2) is 5.78 Å². The minimum absolute atomic E-state index is 0.0416. The maximum atomic E-state index is 11.3. The molecule has 2 heteroatoms. The van der Waals surface area contributed by atoms with Gasteiger partial charge in [0.05, 0.1) is 0 Å². The van der Waals surface area contributed by atoms with E-state index in [1.807, 2.05) is 38.1 Å². The lowest BCUT2D eigenvalue weighted by atomic mass is 10.1. The molecule has 0 amide bonds. The number of aryl methyl sites for hydroxylation is 1. The molecule has 0 heterocycles. The topological polar surface area (TPSA) is 26.3 Å². The van der Waals surface area contributed by atoms with Crippen LogP contribution in [0.2, 0.25) is 0 Å². The summed E-state index contributed by atoms with van der Waals surface area (Å²) in [6.45, 7) is 6.04. The highest BCUT2D eigenvalue weighted by Gasteiger charge is 2.07. The second-order valence-electron chi connectivity index (χ2n) is 3.91. The number of carbonyl (C=O) groups is 1. The first kappa shape index (κ1) is 11.8. The Morgan fingerprint density at radius 3 is 2.33 bits per heavy atom. The largest absolute Gasteiger partial charge is 0.486 e. The maximum absolute atomic E-state index is 11.3. The third-order valence-electron chi connectivity index (χ3n) is 2.36. The summed E-state index contributed by atoms with van der Waals surface area (Å²) in [6.07, 6.45) is 1.02. The molecule has 0 spiro atoms. The van der Waals surface area contributed by atoms with Gasteiger partial charge in [0.25, 0.3) is 0 Å². The maximum Gasteiger partial charge on any atom is 0.172 e. The molecule has 0 fully saturated rings. The van der Waals surface area contributed by atoms with Crippen molar-refractivity contribution in [3.63, 3.8) is 0 Å². The van der Waals surface area contributed by atoms with Crippen molar-refractivity contribution in [3.8, 4) is 5.75 Å². The zero-order chi connectivity index (χ0) is 11.3. The Labute approximate surface area is 91.3 Å². The standard InChI is InChI=1S/C13H18O2/c1-4-11-5-7-12(8-6-11)15-9-13(14)10(2)3/h5-8,10H,4,9H2,1-3H3. The van der Waals surface area contributed by atoms with Crippen molar-refractivity contribution < 1.29 is 9.53 Å². The Morgan fingerprint density at radius 2 is 1.87 bits per heavy atom.